The average Bonchev–Trinajstić information content (AvgIpc) is 3.21. The Morgan fingerprint density at radius 2 is 1.76 bits per heavy atom. The number of nitrogens with zero attached hydrogens (tertiary/aromatic N) is 1. The smallest absolute Gasteiger partial charge is 0.271 e. The van der Waals surface area contributed by atoms with E-state index in [2.05, 4.69) is 10.9 Å². The first-order valence-electron chi connectivity index (χ1n) is 8.26. The van der Waals surface area contributed by atoms with Crippen molar-refractivity contribution in [3.8, 4) is 0 Å². The summed E-state index contributed by atoms with van der Waals surface area (Å²) in [4.78, 5) is 26.4. The number of carbonyl (C=O) groups is 2. The molecule has 0 saturated carbocycles. The van der Waals surface area contributed by atoms with E-state index in [4.69, 9.17) is 4.74 Å². The van der Waals surface area contributed by atoms with E-state index in [0.717, 1.165) is 17.8 Å². The lowest BCUT2D eigenvalue weighted by molar-refractivity contribution is -0.130. The summed E-state index contributed by atoms with van der Waals surface area (Å²) in [5.74, 6) is -0.690. The Morgan fingerprint density at radius 3 is 2.48 bits per heavy atom. The molecule has 1 heterocycles. The highest BCUT2D eigenvalue weighted by Crippen LogP contribution is 2.26. The molecule has 6 nitrogen and oxygen atoms in total. The minimum absolute atomic E-state index is 0.320. The quantitative estimate of drug-likeness (QED) is 0.839. The number of rotatable bonds is 4. The number of hydrazine groups is 1. The van der Waals surface area contributed by atoms with Crippen LogP contribution in [0.3, 0.4) is 0 Å². The SMILES string of the molecule is CN(c1ccccc1)c1ccccc1C(=O)NNC(=O)C1CCCO1. The molecule has 2 N–H and O–H groups in total. The van der Waals surface area contributed by atoms with Gasteiger partial charge in [0, 0.05) is 19.3 Å². The van der Waals surface area contributed by atoms with Crippen molar-refractivity contribution < 1.29 is 14.3 Å². The number of hydrogen-bond acceptors (Lipinski definition) is 4. The maximum Gasteiger partial charge on any atom is 0.271 e. The van der Waals surface area contributed by atoms with Crippen molar-refractivity contribution in [1.82, 2.24) is 10.9 Å². The summed E-state index contributed by atoms with van der Waals surface area (Å²) < 4.78 is 5.30. The molecule has 3 rings (SSSR count). The molecule has 0 aromatic heterocycles. The fourth-order valence-corrected chi connectivity index (χ4v) is 2.80. The standard InChI is InChI=1S/C19H21N3O3/c1-22(14-8-3-2-4-9-14)16-11-6-5-10-15(16)18(23)20-21-19(24)17-12-7-13-25-17/h2-6,8-11,17H,7,12-13H2,1H3,(H,20,23)(H,21,24). The van der Waals surface area contributed by atoms with Gasteiger partial charge >= 0.3 is 0 Å². The van der Waals surface area contributed by atoms with Crippen LogP contribution < -0.4 is 15.8 Å². The fourth-order valence-electron chi connectivity index (χ4n) is 2.80. The lowest BCUT2D eigenvalue weighted by Crippen LogP contribution is -2.46. The molecule has 6 heteroatoms. The predicted octanol–water partition coefficient (Wildman–Crippen LogP) is 2.39. The molecule has 0 radical (unpaired) electrons. The van der Waals surface area contributed by atoms with E-state index in [0.29, 0.717) is 18.6 Å². The van der Waals surface area contributed by atoms with Crippen LogP contribution in [0, 0.1) is 0 Å². The Kier molecular flexibility index (Phi) is 5.30. The van der Waals surface area contributed by atoms with Gasteiger partial charge in [-0.25, -0.2) is 0 Å². The van der Waals surface area contributed by atoms with Gasteiger partial charge in [0.2, 0.25) is 0 Å². The van der Waals surface area contributed by atoms with Gasteiger partial charge in [0.25, 0.3) is 11.8 Å². The second kappa shape index (κ2) is 7.81. The first-order valence-corrected chi connectivity index (χ1v) is 8.26. The van der Waals surface area contributed by atoms with Gasteiger partial charge < -0.3 is 9.64 Å². The van der Waals surface area contributed by atoms with Crippen LogP contribution >= 0.6 is 0 Å². The molecule has 2 aromatic rings. The Hall–Kier alpha value is -2.86. The molecule has 0 spiro atoms. The number of para-hydroxylation sites is 2. The van der Waals surface area contributed by atoms with E-state index >= 15 is 0 Å². The van der Waals surface area contributed by atoms with E-state index < -0.39 is 6.10 Å². The maximum absolute atomic E-state index is 12.5. The third-order valence-electron chi connectivity index (χ3n) is 4.17. The molecule has 2 aromatic carbocycles. The minimum atomic E-state index is -0.484. The number of hydrogen-bond donors (Lipinski definition) is 2. The summed E-state index contributed by atoms with van der Waals surface area (Å²) in [6.45, 7) is 0.580. The Bertz CT molecular complexity index is 743. The highest BCUT2D eigenvalue weighted by molar-refractivity contribution is 6.01. The van der Waals surface area contributed by atoms with Gasteiger partial charge in [0.15, 0.2) is 0 Å². The molecule has 2 amide bonds. The van der Waals surface area contributed by atoms with E-state index in [1.54, 1.807) is 12.1 Å². The van der Waals surface area contributed by atoms with Crippen molar-refractivity contribution in [3.05, 3.63) is 60.2 Å². The molecule has 0 bridgehead atoms. The summed E-state index contributed by atoms with van der Waals surface area (Å²) in [6, 6.07) is 17.0. The Balaban J connectivity index is 1.71. The van der Waals surface area contributed by atoms with E-state index in [9.17, 15) is 9.59 Å². The van der Waals surface area contributed by atoms with Crippen molar-refractivity contribution in [1.29, 1.82) is 0 Å². The van der Waals surface area contributed by atoms with Crippen LogP contribution in [0.2, 0.25) is 0 Å². The van der Waals surface area contributed by atoms with Crippen LogP contribution in [0.5, 0.6) is 0 Å². The molecule has 1 aliphatic heterocycles. The summed E-state index contributed by atoms with van der Waals surface area (Å²) in [6.07, 6.45) is 1.05. The minimum Gasteiger partial charge on any atom is -0.368 e. The van der Waals surface area contributed by atoms with Gasteiger partial charge in [-0.15, -0.1) is 0 Å². The monoisotopic (exact) mass is 339 g/mol. The molecule has 130 valence electrons. The molecule has 25 heavy (non-hydrogen) atoms. The number of ether oxygens (including phenoxy) is 1. The Labute approximate surface area is 146 Å². The molecule has 1 atom stereocenters. The van der Waals surface area contributed by atoms with Gasteiger partial charge in [-0.1, -0.05) is 30.3 Å². The van der Waals surface area contributed by atoms with Crippen LogP contribution in [-0.4, -0.2) is 31.6 Å². The number of amides is 2. The topological polar surface area (TPSA) is 70.7 Å². The van der Waals surface area contributed by atoms with Crippen molar-refractivity contribution in [3.63, 3.8) is 0 Å². The number of benzene rings is 2. The van der Waals surface area contributed by atoms with E-state index in [-0.39, 0.29) is 11.8 Å². The highest BCUT2D eigenvalue weighted by Gasteiger charge is 2.24. The fraction of sp³-hybridized carbons (Fsp3) is 0.263. The summed E-state index contributed by atoms with van der Waals surface area (Å²) in [5.41, 5.74) is 7.11. The molecular formula is C19H21N3O3. The number of carbonyl (C=O) groups excluding carboxylic acids is 2. The Morgan fingerprint density at radius 1 is 1.04 bits per heavy atom. The van der Waals surface area contributed by atoms with Gasteiger partial charge in [-0.2, -0.15) is 0 Å². The zero-order chi connectivity index (χ0) is 17.6. The van der Waals surface area contributed by atoms with Crippen molar-refractivity contribution >= 4 is 23.2 Å². The van der Waals surface area contributed by atoms with Gasteiger partial charge in [-0.05, 0) is 37.1 Å². The highest BCUT2D eigenvalue weighted by atomic mass is 16.5. The molecule has 1 fully saturated rings. The molecule has 1 saturated heterocycles. The van der Waals surface area contributed by atoms with Crippen LogP contribution in [0.15, 0.2) is 54.6 Å². The van der Waals surface area contributed by atoms with Crippen molar-refractivity contribution in [2.75, 3.05) is 18.6 Å². The van der Waals surface area contributed by atoms with E-state index in [1.165, 1.54) is 0 Å². The number of nitrogens with one attached hydrogen (secondary N) is 2. The average molecular weight is 339 g/mol. The molecular weight excluding hydrogens is 318 g/mol. The zero-order valence-electron chi connectivity index (χ0n) is 14.1. The van der Waals surface area contributed by atoms with Gasteiger partial charge in [0.05, 0.1) is 11.3 Å². The summed E-state index contributed by atoms with van der Waals surface area (Å²) in [7, 11) is 1.90. The predicted molar refractivity (Wildman–Crippen MR) is 95.5 cm³/mol. The number of anilines is 2. The van der Waals surface area contributed by atoms with Crippen LogP contribution in [0.1, 0.15) is 23.2 Å². The summed E-state index contributed by atoms with van der Waals surface area (Å²) >= 11 is 0. The third kappa shape index (κ3) is 3.97. The molecule has 0 aliphatic carbocycles. The van der Waals surface area contributed by atoms with Crippen LogP contribution in [0.25, 0.3) is 0 Å². The first-order chi connectivity index (χ1) is 12.2. The lowest BCUT2D eigenvalue weighted by Gasteiger charge is -2.22. The molecule has 1 unspecified atom stereocenters. The molecule has 1 aliphatic rings. The van der Waals surface area contributed by atoms with Gasteiger partial charge in [0.1, 0.15) is 6.10 Å². The van der Waals surface area contributed by atoms with E-state index in [1.807, 2.05) is 54.4 Å². The van der Waals surface area contributed by atoms with Crippen LogP contribution in [0.4, 0.5) is 11.4 Å². The van der Waals surface area contributed by atoms with Crippen LogP contribution in [-0.2, 0) is 9.53 Å². The van der Waals surface area contributed by atoms with Crippen molar-refractivity contribution in [2.24, 2.45) is 0 Å². The third-order valence-corrected chi connectivity index (χ3v) is 4.17. The lowest BCUT2D eigenvalue weighted by atomic mass is 10.1. The zero-order valence-corrected chi connectivity index (χ0v) is 14.1. The largest absolute Gasteiger partial charge is 0.368 e. The second-order valence-electron chi connectivity index (χ2n) is 5.86. The summed E-state index contributed by atoms with van der Waals surface area (Å²) in [5, 5.41) is 0. The maximum atomic E-state index is 12.5. The van der Waals surface area contributed by atoms with Gasteiger partial charge in [-0.3, -0.25) is 20.4 Å². The normalized spacial score (nSPS) is 16.3. The second-order valence-corrected chi connectivity index (χ2v) is 5.86. The van der Waals surface area contributed by atoms with Crippen molar-refractivity contribution in [2.45, 2.75) is 18.9 Å². The first kappa shape index (κ1) is 17.0.